The van der Waals surface area contributed by atoms with Crippen LogP contribution >= 0.6 is 11.9 Å². The molecule has 0 bridgehead atoms. The summed E-state index contributed by atoms with van der Waals surface area (Å²) in [5.74, 6) is 0.919. The fourth-order valence-electron chi connectivity index (χ4n) is 1.40. The van der Waals surface area contributed by atoms with Crippen LogP contribution in [-0.2, 0) is 0 Å². The molecule has 1 aromatic rings. The van der Waals surface area contributed by atoms with Crippen molar-refractivity contribution in [3.8, 4) is 11.2 Å². The van der Waals surface area contributed by atoms with Crippen LogP contribution in [0.4, 0.5) is 0 Å². The van der Waals surface area contributed by atoms with Gasteiger partial charge < -0.3 is 4.74 Å². The van der Waals surface area contributed by atoms with Crippen LogP contribution in [0, 0.1) is 17.6 Å². The van der Waals surface area contributed by atoms with Crippen molar-refractivity contribution in [2.75, 3.05) is 6.73 Å². The van der Waals surface area contributed by atoms with Crippen LogP contribution in [0.3, 0.4) is 0 Å². The highest BCUT2D eigenvalue weighted by molar-refractivity contribution is 7.98. The Balaban J connectivity index is 2.41. The Labute approximate surface area is 86.8 Å². The summed E-state index contributed by atoms with van der Waals surface area (Å²) in [7, 11) is 0. The molecule has 0 fully saturated rings. The summed E-state index contributed by atoms with van der Waals surface area (Å²) in [6.07, 6.45) is 1.93. The highest BCUT2D eigenvalue weighted by Gasteiger charge is 2.18. The van der Waals surface area contributed by atoms with E-state index in [2.05, 4.69) is 0 Å². The molecule has 0 unspecified atom stereocenters. The maximum absolute atomic E-state index is 8.52. The molecule has 0 saturated heterocycles. The van der Waals surface area contributed by atoms with Crippen LogP contribution in [0.25, 0.3) is 0 Å². The molecule has 0 spiro atoms. The summed E-state index contributed by atoms with van der Waals surface area (Å²) in [4.78, 5) is 0. The first-order valence-corrected chi connectivity index (χ1v) is 4.98. The standard InChI is InChI=1S/C10H9N2OS/c1-8-3-2-4-9-5-12(14-6-11)7-13-10(8)9/h2-5H,7H2,1H3/q+1. The second-order valence-electron chi connectivity index (χ2n) is 3.00. The summed E-state index contributed by atoms with van der Waals surface area (Å²) in [5, 5.41) is 10.5. The van der Waals surface area contributed by atoms with Crippen LogP contribution < -0.4 is 4.74 Å². The molecule has 1 heterocycles. The van der Waals surface area contributed by atoms with Crippen LogP contribution in [0.2, 0.25) is 0 Å². The van der Waals surface area contributed by atoms with E-state index in [4.69, 9.17) is 10.00 Å². The minimum absolute atomic E-state index is 0.427. The molecular weight excluding hydrogens is 196 g/mol. The van der Waals surface area contributed by atoms with Crippen molar-refractivity contribution >= 4 is 18.2 Å². The molecule has 70 valence electrons. The maximum atomic E-state index is 8.52. The van der Waals surface area contributed by atoms with Crippen LogP contribution in [-0.4, -0.2) is 16.9 Å². The fraction of sp³-hybridized carbons (Fsp3) is 0.200. The summed E-state index contributed by atoms with van der Waals surface area (Å²) >= 11 is 1.08. The van der Waals surface area contributed by atoms with Gasteiger partial charge in [0.2, 0.25) is 5.40 Å². The van der Waals surface area contributed by atoms with Gasteiger partial charge in [0.15, 0.2) is 6.21 Å². The molecule has 14 heavy (non-hydrogen) atoms. The molecule has 0 aromatic heterocycles. The Morgan fingerprint density at radius 3 is 3.21 bits per heavy atom. The van der Waals surface area contributed by atoms with Gasteiger partial charge >= 0.3 is 6.73 Å². The Morgan fingerprint density at radius 2 is 2.43 bits per heavy atom. The number of fused-ring (bicyclic) bond motifs is 1. The van der Waals surface area contributed by atoms with Crippen molar-refractivity contribution in [2.24, 2.45) is 0 Å². The predicted octanol–water partition coefficient (Wildman–Crippen LogP) is 1.91. The molecule has 4 heteroatoms. The lowest BCUT2D eigenvalue weighted by Crippen LogP contribution is -2.19. The lowest BCUT2D eigenvalue weighted by molar-refractivity contribution is -0.391. The topological polar surface area (TPSA) is 36.0 Å². The summed E-state index contributed by atoms with van der Waals surface area (Å²) in [6, 6.07) is 5.97. The predicted molar refractivity (Wildman–Crippen MR) is 55.3 cm³/mol. The van der Waals surface area contributed by atoms with E-state index in [1.165, 1.54) is 0 Å². The Hall–Kier alpha value is -1.47. The van der Waals surface area contributed by atoms with Crippen molar-refractivity contribution in [2.45, 2.75) is 6.92 Å². The third-order valence-corrected chi connectivity index (χ3v) is 2.55. The fourth-order valence-corrected chi connectivity index (χ4v) is 1.78. The van der Waals surface area contributed by atoms with E-state index in [1.807, 2.05) is 36.7 Å². The van der Waals surface area contributed by atoms with Gasteiger partial charge in [-0.05, 0) is 18.6 Å². The second-order valence-corrected chi connectivity index (χ2v) is 3.83. The summed E-state index contributed by atoms with van der Waals surface area (Å²) < 4.78 is 7.31. The third-order valence-electron chi connectivity index (χ3n) is 2.02. The number of hydrogen-bond donors (Lipinski definition) is 0. The normalized spacial score (nSPS) is 13.6. The molecule has 1 aromatic carbocycles. The number of nitrogens with zero attached hydrogens (tertiary/aromatic N) is 2. The lowest BCUT2D eigenvalue weighted by Gasteiger charge is -2.12. The van der Waals surface area contributed by atoms with Gasteiger partial charge in [0, 0.05) is 0 Å². The molecule has 0 N–H and O–H groups in total. The molecule has 0 aliphatic carbocycles. The van der Waals surface area contributed by atoms with Crippen molar-refractivity contribution < 1.29 is 8.72 Å². The maximum Gasteiger partial charge on any atom is 0.300 e. The van der Waals surface area contributed by atoms with Crippen molar-refractivity contribution in [3.05, 3.63) is 29.3 Å². The van der Waals surface area contributed by atoms with Gasteiger partial charge in [0.1, 0.15) is 5.75 Å². The van der Waals surface area contributed by atoms with E-state index in [0.29, 0.717) is 6.73 Å². The highest BCUT2D eigenvalue weighted by atomic mass is 32.2. The SMILES string of the molecule is Cc1cccc2c1OC[N+](SC#N)=C2. The molecule has 0 saturated carbocycles. The highest BCUT2D eigenvalue weighted by Crippen LogP contribution is 2.25. The molecular formula is C10H9N2OS+. The monoisotopic (exact) mass is 205 g/mol. The molecule has 0 amide bonds. The quantitative estimate of drug-likeness (QED) is 0.399. The largest absolute Gasteiger partial charge is 0.434 e. The Morgan fingerprint density at radius 1 is 1.57 bits per heavy atom. The van der Waals surface area contributed by atoms with Gasteiger partial charge in [-0.1, -0.05) is 12.1 Å². The number of ether oxygens (including phenoxy) is 1. The zero-order chi connectivity index (χ0) is 9.97. The van der Waals surface area contributed by atoms with E-state index in [-0.39, 0.29) is 0 Å². The second kappa shape index (κ2) is 3.72. The molecule has 0 atom stereocenters. The average Bonchev–Trinajstić information content (AvgIpc) is 2.18. The minimum atomic E-state index is 0.427. The van der Waals surface area contributed by atoms with Crippen molar-refractivity contribution in [3.63, 3.8) is 0 Å². The van der Waals surface area contributed by atoms with E-state index >= 15 is 0 Å². The number of aryl methyl sites for hydroxylation is 1. The zero-order valence-electron chi connectivity index (χ0n) is 7.73. The van der Waals surface area contributed by atoms with E-state index in [1.54, 1.807) is 3.98 Å². The number of hydrogen-bond acceptors (Lipinski definition) is 3. The molecule has 2 rings (SSSR count). The summed E-state index contributed by atoms with van der Waals surface area (Å²) in [6.45, 7) is 2.44. The molecule has 1 aliphatic rings. The minimum Gasteiger partial charge on any atom is -0.434 e. The number of nitriles is 1. The molecule has 0 radical (unpaired) electrons. The number of benzene rings is 1. The van der Waals surface area contributed by atoms with Gasteiger partial charge in [-0.2, -0.15) is 5.26 Å². The third kappa shape index (κ3) is 1.59. The molecule has 1 aliphatic heterocycles. The van der Waals surface area contributed by atoms with Gasteiger partial charge in [0.05, 0.1) is 5.56 Å². The number of thiocyanates is 1. The van der Waals surface area contributed by atoms with Crippen molar-refractivity contribution in [1.82, 2.24) is 0 Å². The van der Waals surface area contributed by atoms with Gasteiger partial charge in [0.25, 0.3) is 11.9 Å². The van der Waals surface area contributed by atoms with E-state index in [0.717, 1.165) is 28.8 Å². The first-order valence-electron chi connectivity index (χ1n) is 4.21. The summed E-state index contributed by atoms with van der Waals surface area (Å²) in [5.41, 5.74) is 2.15. The smallest absolute Gasteiger partial charge is 0.300 e. The Kier molecular flexibility index (Phi) is 2.42. The van der Waals surface area contributed by atoms with Crippen LogP contribution in [0.1, 0.15) is 11.1 Å². The lowest BCUT2D eigenvalue weighted by atomic mass is 10.1. The van der Waals surface area contributed by atoms with Gasteiger partial charge in [-0.3, -0.25) is 0 Å². The van der Waals surface area contributed by atoms with Crippen LogP contribution in [0.15, 0.2) is 18.2 Å². The zero-order valence-corrected chi connectivity index (χ0v) is 8.54. The first-order chi connectivity index (χ1) is 6.81. The van der Waals surface area contributed by atoms with Crippen LogP contribution in [0.5, 0.6) is 5.75 Å². The van der Waals surface area contributed by atoms with E-state index < -0.39 is 0 Å². The van der Waals surface area contributed by atoms with Gasteiger partial charge in [-0.25, -0.2) is 0 Å². The number of para-hydroxylation sites is 1. The van der Waals surface area contributed by atoms with Gasteiger partial charge in [-0.15, -0.1) is 3.98 Å². The number of rotatable bonds is 1. The van der Waals surface area contributed by atoms with E-state index in [9.17, 15) is 0 Å². The first kappa shape index (κ1) is 9.10. The van der Waals surface area contributed by atoms with Crippen molar-refractivity contribution in [1.29, 1.82) is 5.26 Å². The average molecular weight is 205 g/mol. The Bertz CT molecular complexity index is 434. The molecule has 3 nitrogen and oxygen atoms in total.